The van der Waals surface area contributed by atoms with E-state index in [0.29, 0.717) is 19.5 Å². The summed E-state index contributed by atoms with van der Waals surface area (Å²) < 4.78 is 7.62. The van der Waals surface area contributed by atoms with Crippen molar-refractivity contribution in [1.29, 1.82) is 0 Å². The molecule has 132 valence electrons. The van der Waals surface area contributed by atoms with Crippen LogP contribution in [-0.2, 0) is 16.1 Å². The molecule has 1 saturated heterocycles. The lowest BCUT2D eigenvalue weighted by Gasteiger charge is -2.36. The van der Waals surface area contributed by atoms with Gasteiger partial charge in [-0.05, 0) is 46.2 Å². The third kappa shape index (κ3) is 3.28. The largest absolute Gasteiger partial charge is 0.444 e. The van der Waals surface area contributed by atoms with Crippen LogP contribution in [0.5, 0.6) is 0 Å². The highest BCUT2D eigenvalue weighted by Gasteiger charge is 2.38. The number of ether oxygens (including phenoxy) is 1. The van der Waals surface area contributed by atoms with E-state index in [1.165, 1.54) is 5.69 Å². The van der Waals surface area contributed by atoms with Crippen molar-refractivity contribution in [1.82, 2.24) is 14.4 Å². The number of carbonyl (C=O) groups excluding carboxylic acids is 2. The molecule has 1 fully saturated rings. The average Bonchev–Trinajstić information content (AvgIpc) is 3.15. The number of rotatable bonds is 1. The molecule has 0 unspecified atom stereocenters. The lowest BCUT2D eigenvalue weighted by molar-refractivity contribution is -0.138. The molecule has 1 aromatic rings. The molecule has 2 amide bonds. The molecular formula is C18H27N3O3. The fourth-order valence-corrected chi connectivity index (χ4v) is 3.57. The summed E-state index contributed by atoms with van der Waals surface area (Å²) >= 11 is 0. The zero-order valence-corrected chi connectivity index (χ0v) is 15.0. The molecule has 3 heterocycles. The Labute approximate surface area is 143 Å². The minimum absolute atomic E-state index is 0.0804. The van der Waals surface area contributed by atoms with Gasteiger partial charge >= 0.3 is 6.09 Å². The number of amides is 2. The van der Waals surface area contributed by atoms with E-state index in [9.17, 15) is 9.59 Å². The maximum Gasteiger partial charge on any atom is 0.410 e. The first-order valence-corrected chi connectivity index (χ1v) is 8.70. The Balaban J connectivity index is 1.62. The molecule has 6 nitrogen and oxygen atoms in total. The predicted molar refractivity (Wildman–Crippen MR) is 90.5 cm³/mol. The Bertz CT molecular complexity index is 632. The first kappa shape index (κ1) is 16.9. The molecule has 0 radical (unpaired) electrons. The van der Waals surface area contributed by atoms with Crippen molar-refractivity contribution in [2.75, 3.05) is 19.6 Å². The van der Waals surface area contributed by atoms with E-state index in [0.717, 1.165) is 13.1 Å². The van der Waals surface area contributed by atoms with Gasteiger partial charge in [0.2, 0.25) is 5.91 Å². The summed E-state index contributed by atoms with van der Waals surface area (Å²) in [5.74, 6) is 0.0301. The number of aromatic nitrogens is 1. The van der Waals surface area contributed by atoms with E-state index < -0.39 is 5.60 Å². The molecule has 6 heteroatoms. The summed E-state index contributed by atoms with van der Waals surface area (Å²) in [5, 5.41) is 0. The van der Waals surface area contributed by atoms with Crippen LogP contribution in [0.3, 0.4) is 0 Å². The number of fused-ring (bicyclic) bond motifs is 1. The fourth-order valence-electron chi connectivity index (χ4n) is 3.57. The summed E-state index contributed by atoms with van der Waals surface area (Å²) in [6.45, 7) is 10.2. The van der Waals surface area contributed by atoms with Gasteiger partial charge in [0.05, 0.1) is 12.0 Å². The second-order valence-electron chi connectivity index (χ2n) is 7.75. The van der Waals surface area contributed by atoms with E-state index >= 15 is 0 Å². The summed E-state index contributed by atoms with van der Waals surface area (Å²) in [6.07, 6.45) is 2.45. The Morgan fingerprint density at radius 2 is 1.96 bits per heavy atom. The Morgan fingerprint density at radius 3 is 2.67 bits per heavy atom. The molecule has 0 saturated carbocycles. The van der Waals surface area contributed by atoms with Gasteiger partial charge in [0.15, 0.2) is 0 Å². The van der Waals surface area contributed by atoms with Crippen molar-refractivity contribution in [3.63, 3.8) is 0 Å². The van der Waals surface area contributed by atoms with E-state index in [-0.39, 0.29) is 24.0 Å². The topological polar surface area (TPSA) is 54.8 Å². The first-order chi connectivity index (χ1) is 11.3. The number of hydrogen-bond donors (Lipinski definition) is 0. The Hall–Kier alpha value is -1.98. The quantitative estimate of drug-likeness (QED) is 0.794. The van der Waals surface area contributed by atoms with Gasteiger partial charge in [0.1, 0.15) is 5.60 Å². The molecule has 2 atom stereocenters. The first-order valence-electron chi connectivity index (χ1n) is 8.70. The van der Waals surface area contributed by atoms with Crippen molar-refractivity contribution >= 4 is 12.0 Å². The van der Waals surface area contributed by atoms with Gasteiger partial charge in [0.25, 0.3) is 0 Å². The number of carbonyl (C=O) groups is 2. The van der Waals surface area contributed by atoms with Crippen LogP contribution >= 0.6 is 0 Å². The lowest BCUT2D eigenvalue weighted by Crippen LogP contribution is -2.44. The predicted octanol–water partition coefficient (Wildman–Crippen LogP) is 2.65. The second-order valence-corrected chi connectivity index (χ2v) is 7.75. The van der Waals surface area contributed by atoms with Gasteiger partial charge in [-0.15, -0.1) is 0 Å². The molecule has 0 N–H and O–H groups in total. The molecule has 3 rings (SSSR count). The summed E-state index contributed by atoms with van der Waals surface area (Å²) in [6, 6.07) is 4.18. The van der Waals surface area contributed by atoms with Crippen LogP contribution in [-0.4, -0.2) is 51.6 Å². The van der Waals surface area contributed by atoms with E-state index in [1.807, 2.05) is 31.7 Å². The van der Waals surface area contributed by atoms with Crippen molar-refractivity contribution in [3.8, 4) is 0 Å². The SMILES string of the molecule is C[C@H]1c2cccn2CCN1C(=O)[C@@H]1CCN(C(=O)OC(C)(C)C)C1. The van der Waals surface area contributed by atoms with Crippen LogP contribution < -0.4 is 0 Å². The van der Waals surface area contributed by atoms with Gasteiger partial charge in [-0.1, -0.05) is 0 Å². The zero-order chi connectivity index (χ0) is 17.5. The molecule has 0 spiro atoms. The van der Waals surface area contributed by atoms with Crippen molar-refractivity contribution < 1.29 is 14.3 Å². The number of likely N-dealkylation sites (tertiary alicyclic amines) is 1. The van der Waals surface area contributed by atoms with E-state index in [4.69, 9.17) is 4.74 Å². The molecule has 2 aliphatic rings. The molecule has 0 aromatic carbocycles. The molecule has 0 bridgehead atoms. The highest BCUT2D eigenvalue weighted by molar-refractivity contribution is 5.81. The van der Waals surface area contributed by atoms with Crippen molar-refractivity contribution in [3.05, 3.63) is 24.0 Å². The van der Waals surface area contributed by atoms with Crippen LogP contribution in [0, 0.1) is 5.92 Å². The molecule has 24 heavy (non-hydrogen) atoms. The fraction of sp³-hybridized carbons (Fsp3) is 0.667. The highest BCUT2D eigenvalue weighted by Crippen LogP contribution is 2.29. The monoisotopic (exact) mass is 333 g/mol. The normalized spacial score (nSPS) is 24.0. The zero-order valence-electron chi connectivity index (χ0n) is 15.0. The Morgan fingerprint density at radius 1 is 1.21 bits per heavy atom. The Kier molecular flexibility index (Phi) is 4.32. The van der Waals surface area contributed by atoms with Crippen LogP contribution in [0.15, 0.2) is 18.3 Å². The maximum atomic E-state index is 12.9. The third-order valence-corrected chi connectivity index (χ3v) is 4.81. The standard InChI is InChI=1S/C18H27N3O3/c1-13-15-6-5-8-19(15)10-11-21(13)16(22)14-7-9-20(12-14)17(23)24-18(2,3)4/h5-6,8,13-14H,7,9-12H2,1-4H3/t13-,14+/m0/s1. The minimum atomic E-state index is -0.508. The van der Waals surface area contributed by atoms with Crippen LogP contribution in [0.4, 0.5) is 4.79 Å². The van der Waals surface area contributed by atoms with Gasteiger partial charge < -0.3 is 19.1 Å². The maximum absolute atomic E-state index is 12.9. The van der Waals surface area contributed by atoms with Crippen LogP contribution in [0.1, 0.15) is 45.9 Å². The second kappa shape index (κ2) is 6.15. The minimum Gasteiger partial charge on any atom is -0.444 e. The van der Waals surface area contributed by atoms with Crippen molar-refractivity contribution in [2.45, 2.75) is 52.3 Å². The highest BCUT2D eigenvalue weighted by atomic mass is 16.6. The third-order valence-electron chi connectivity index (χ3n) is 4.81. The molecule has 1 aromatic heterocycles. The smallest absolute Gasteiger partial charge is 0.410 e. The van der Waals surface area contributed by atoms with Gasteiger partial charge in [-0.3, -0.25) is 4.79 Å². The molecule has 0 aliphatic carbocycles. The molecule has 2 aliphatic heterocycles. The lowest BCUT2D eigenvalue weighted by atomic mass is 10.0. The van der Waals surface area contributed by atoms with Gasteiger partial charge in [-0.2, -0.15) is 0 Å². The number of nitrogens with zero attached hydrogens (tertiary/aromatic N) is 3. The van der Waals surface area contributed by atoms with E-state index in [2.05, 4.69) is 23.8 Å². The van der Waals surface area contributed by atoms with Crippen LogP contribution in [0.2, 0.25) is 0 Å². The van der Waals surface area contributed by atoms with Gasteiger partial charge in [0, 0.05) is 38.1 Å². The average molecular weight is 333 g/mol. The van der Waals surface area contributed by atoms with E-state index in [1.54, 1.807) is 4.90 Å². The summed E-state index contributed by atoms with van der Waals surface area (Å²) in [4.78, 5) is 28.7. The van der Waals surface area contributed by atoms with Crippen molar-refractivity contribution in [2.24, 2.45) is 5.92 Å². The summed E-state index contributed by atoms with van der Waals surface area (Å²) in [5.41, 5.74) is 0.669. The van der Waals surface area contributed by atoms with Gasteiger partial charge in [-0.25, -0.2) is 4.79 Å². The molecular weight excluding hydrogens is 306 g/mol. The van der Waals surface area contributed by atoms with Crippen LogP contribution in [0.25, 0.3) is 0 Å². The number of hydrogen-bond acceptors (Lipinski definition) is 3. The summed E-state index contributed by atoms with van der Waals surface area (Å²) in [7, 11) is 0.